The molecule has 0 fully saturated rings. The molecule has 0 aromatic heterocycles. The monoisotopic (exact) mass is 255 g/mol. The standard InChI is InChI=1S/C11H14BrNO/c1-9-3-5-10(6-4-9)7-8-13(2)11(12)14/h3-6H,7-8H2,1-2H3. The van der Waals surface area contributed by atoms with Crippen LogP contribution >= 0.6 is 15.9 Å². The van der Waals surface area contributed by atoms with Crippen LogP contribution in [0.5, 0.6) is 0 Å². The number of amides is 1. The fraction of sp³-hybridized carbons (Fsp3) is 0.364. The molecule has 0 saturated carbocycles. The fourth-order valence-electron chi connectivity index (χ4n) is 1.14. The molecule has 1 rings (SSSR count). The van der Waals surface area contributed by atoms with Gasteiger partial charge in [0, 0.05) is 29.5 Å². The van der Waals surface area contributed by atoms with Gasteiger partial charge in [-0.1, -0.05) is 29.8 Å². The molecule has 0 radical (unpaired) electrons. The second kappa shape index (κ2) is 5.15. The predicted octanol–water partition coefficient (Wildman–Crippen LogP) is 2.98. The zero-order valence-electron chi connectivity index (χ0n) is 8.46. The van der Waals surface area contributed by atoms with E-state index in [0.29, 0.717) is 0 Å². The van der Waals surface area contributed by atoms with Gasteiger partial charge in [0.1, 0.15) is 0 Å². The van der Waals surface area contributed by atoms with E-state index >= 15 is 0 Å². The van der Waals surface area contributed by atoms with Crippen LogP contribution in [0.1, 0.15) is 11.1 Å². The lowest BCUT2D eigenvalue weighted by molar-refractivity contribution is 0.235. The Kier molecular flexibility index (Phi) is 4.14. The zero-order chi connectivity index (χ0) is 10.6. The van der Waals surface area contributed by atoms with Gasteiger partial charge in [0.2, 0.25) is 0 Å². The van der Waals surface area contributed by atoms with E-state index in [-0.39, 0.29) is 4.82 Å². The number of hydrogen-bond acceptors (Lipinski definition) is 1. The van der Waals surface area contributed by atoms with Gasteiger partial charge in [-0.05, 0) is 18.9 Å². The normalized spacial score (nSPS) is 9.93. The minimum absolute atomic E-state index is 0.0652. The van der Waals surface area contributed by atoms with E-state index in [1.165, 1.54) is 11.1 Å². The van der Waals surface area contributed by atoms with Gasteiger partial charge in [-0.2, -0.15) is 0 Å². The van der Waals surface area contributed by atoms with Crippen LogP contribution in [0.25, 0.3) is 0 Å². The first kappa shape index (κ1) is 11.2. The summed E-state index contributed by atoms with van der Waals surface area (Å²) < 4.78 is 0. The van der Waals surface area contributed by atoms with Crippen LogP contribution in [0.4, 0.5) is 4.79 Å². The molecule has 0 aliphatic rings. The van der Waals surface area contributed by atoms with Crippen LogP contribution < -0.4 is 0 Å². The van der Waals surface area contributed by atoms with Crippen molar-refractivity contribution in [2.45, 2.75) is 13.3 Å². The number of carbonyl (C=O) groups is 1. The Morgan fingerprint density at radius 3 is 2.43 bits per heavy atom. The summed E-state index contributed by atoms with van der Waals surface area (Å²) in [6.45, 7) is 2.81. The van der Waals surface area contributed by atoms with Crippen molar-refractivity contribution in [3.05, 3.63) is 35.4 Å². The molecule has 76 valence electrons. The molecule has 0 aliphatic heterocycles. The Labute approximate surface area is 93.0 Å². The lowest BCUT2D eigenvalue weighted by atomic mass is 10.1. The fourth-order valence-corrected chi connectivity index (χ4v) is 1.32. The van der Waals surface area contributed by atoms with Crippen molar-refractivity contribution in [2.24, 2.45) is 0 Å². The summed E-state index contributed by atoms with van der Waals surface area (Å²) in [5.74, 6) is 0. The van der Waals surface area contributed by atoms with Crippen LogP contribution in [0.2, 0.25) is 0 Å². The summed E-state index contributed by atoms with van der Waals surface area (Å²) in [4.78, 5) is 12.4. The van der Waals surface area contributed by atoms with Crippen LogP contribution in [0, 0.1) is 6.92 Å². The van der Waals surface area contributed by atoms with E-state index < -0.39 is 0 Å². The highest BCUT2D eigenvalue weighted by molar-refractivity contribution is 9.18. The van der Waals surface area contributed by atoms with Gasteiger partial charge >= 0.3 is 0 Å². The quantitative estimate of drug-likeness (QED) is 0.601. The minimum Gasteiger partial charge on any atom is -0.336 e. The van der Waals surface area contributed by atoms with Crippen molar-refractivity contribution < 1.29 is 4.79 Å². The first-order valence-electron chi connectivity index (χ1n) is 4.56. The topological polar surface area (TPSA) is 20.3 Å². The molecule has 3 heteroatoms. The molecular formula is C11H14BrNO. The molecule has 0 atom stereocenters. The van der Waals surface area contributed by atoms with Gasteiger partial charge in [0.15, 0.2) is 0 Å². The van der Waals surface area contributed by atoms with E-state index in [1.807, 2.05) is 0 Å². The molecule has 1 amide bonds. The van der Waals surface area contributed by atoms with Crippen LogP contribution in [-0.4, -0.2) is 23.3 Å². The molecule has 0 heterocycles. The van der Waals surface area contributed by atoms with Crippen molar-refractivity contribution >= 4 is 20.7 Å². The second-order valence-electron chi connectivity index (χ2n) is 3.41. The van der Waals surface area contributed by atoms with Crippen LogP contribution in [-0.2, 0) is 6.42 Å². The van der Waals surface area contributed by atoms with Crippen molar-refractivity contribution in [1.82, 2.24) is 4.90 Å². The summed E-state index contributed by atoms with van der Waals surface area (Å²) >= 11 is 2.91. The van der Waals surface area contributed by atoms with Crippen molar-refractivity contribution in [1.29, 1.82) is 0 Å². The highest BCUT2D eigenvalue weighted by Crippen LogP contribution is 2.05. The van der Waals surface area contributed by atoms with Gasteiger partial charge in [-0.15, -0.1) is 0 Å². The Balaban J connectivity index is 2.46. The maximum atomic E-state index is 10.9. The molecular weight excluding hydrogens is 242 g/mol. The molecule has 0 N–H and O–H groups in total. The summed E-state index contributed by atoms with van der Waals surface area (Å²) in [7, 11) is 1.78. The number of likely N-dealkylation sites (N-methyl/N-ethyl adjacent to an activating group) is 1. The zero-order valence-corrected chi connectivity index (χ0v) is 10.0. The number of hydrogen-bond donors (Lipinski definition) is 0. The Morgan fingerprint density at radius 1 is 1.36 bits per heavy atom. The Hall–Kier alpha value is -0.830. The molecule has 14 heavy (non-hydrogen) atoms. The first-order valence-corrected chi connectivity index (χ1v) is 5.35. The molecule has 0 unspecified atom stereocenters. The smallest absolute Gasteiger partial charge is 0.289 e. The van der Waals surface area contributed by atoms with Crippen molar-refractivity contribution in [2.75, 3.05) is 13.6 Å². The average Bonchev–Trinajstić information content (AvgIpc) is 2.16. The third kappa shape index (κ3) is 3.50. The Bertz CT molecular complexity index is 308. The van der Waals surface area contributed by atoms with E-state index in [4.69, 9.17) is 0 Å². The summed E-state index contributed by atoms with van der Waals surface area (Å²) in [6.07, 6.45) is 0.897. The summed E-state index contributed by atoms with van der Waals surface area (Å²) in [5, 5.41) is 0. The first-order chi connectivity index (χ1) is 6.59. The summed E-state index contributed by atoms with van der Waals surface area (Å²) in [5.41, 5.74) is 2.52. The average molecular weight is 256 g/mol. The number of aryl methyl sites for hydroxylation is 1. The molecule has 0 saturated heterocycles. The maximum Gasteiger partial charge on any atom is 0.289 e. The molecule has 1 aromatic rings. The van der Waals surface area contributed by atoms with E-state index in [2.05, 4.69) is 47.1 Å². The molecule has 0 aliphatic carbocycles. The molecule has 0 bridgehead atoms. The van der Waals surface area contributed by atoms with E-state index in [9.17, 15) is 4.79 Å². The van der Waals surface area contributed by atoms with Crippen LogP contribution in [0.3, 0.4) is 0 Å². The van der Waals surface area contributed by atoms with E-state index in [1.54, 1.807) is 11.9 Å². The molecule has 1 aromatic carbocycles. The van der Waals surface area contributed by atoms with Crippen molar-refractivity contribution in [3.8, 4) is 0 Å². The third-order valence-electron chi connectivity index (χ3n) is 2.16. The largest absolute Gasteiger partial charge is 0.336 e. The Morgan fingerprint density at radius 2 is 1.93 bits per heavy atom. The summed E-state index contributed by atoms with van der Waals surface area (Å²) in [6, 6.07) is 8.38. The van der Waals surface area contributed by atoms with Gasteiger partial charge in [-0.25, -0.2) is 0 Å². The van der Waals surface area contributed by atoms with Gasteiger partial charge < -0.3 is 4.90 Å². The number of nitrogens with zero attached hydrogens (tertiary/aromatic N) is 1. The van der Waals surface area contributed by atoms with Gasteiger partial charge in [0.25, 0.3) is 4.82 Å². The second-order valence-corrected chi connectivity index (χ2v) is 4.09. The number of rotatable bonds is 3. The lowest BCUT2D eigenvalue weighted by Crippen LogP contribution is -2.23. The van der Waals surface area contributed by atoms with Gasteiger partial charge in [-0.3, -0.25) is 4.79 Å². The highest BCUT2D eigenvalue weighted by Gasteiger charge is 2.03. The third-order valence-corrected chi connectivity index (χ3v) is 2.76. The SMILES string of the molecule is Cc1ccc(CCN(C)C(=O)Br)cc1. The predicted molar refractivity (Wildman–Crippen MR) is 61.8 cm³/mol. The number of carbonyl (C=O) groups excluding carboxylic acids is 1. The minimum atomic E-state index is -0.0652. The number of halogens is 1. The number of benzene rings is 1. The lowest BCUT2D eigenvalue weighted by Gasteiger charge is -2.13. The van der Waals surface area contributed by atoms with Gasteiger partial charge in [0.05, 0.1) is 0 Å². The maximum absolute atomic E-state index is 10.9. The molecule has 2 nitrogen and oxygen atoms in total. The van der Waals surface area contributed by atoms with Crippen molar-refractivity contribution in [3.63, 3.8) is 0 Å². The van der Waals surface area contributed by atoms with Crippen LogP contribution in [0.15, 0.2) is 24.3 Å². The highest BCUT2D eigenvalue weighted by atomic mass is 79.9. The van der Waals surface area contributed by atoms with E-state index in [0.717, 1.165) is 13.0 Å². The molecule has 0 spiro atoms.